The number of nitrogens with zero attached hydrogens (tertiary/aromatic N) is 2. The van der Waals surface area contributed by atoms with Crippen molar-refractivity contribution in [3.05, 3.63) is 42.6 Å². The molecule has 1 fully saturated rings. The summed E-state index contributed by atoms with van der Waals surface area (Å²) in [6.07, 6.45) is 3.66. The summed E-state index contributed by atoms with van der Waals surface area (Å²) in [4.78, 5) is 12.0. The normalized spacial score (nSPS) is 21.2. The Labute approximate surface area is 118 Å². The number of benzene rings is 1. The lowest BCUT2D eigenvalue weighted by Gasteiger charge is -2.33. The third-order valence-corrected chi connectivity index (χ3v) is 3.78. The van der Waals surface area contributed by atoms with Crippen LogP contribution in [-0.4, -0.2) is 28.8 Å². The summed E-state index contributed by atoms with van der Waals surface area (Å²) in [5.41, 5.74) is 0.979. The van der Waals surface area contributed by atoms with Crippen molar-refractivity contribution in [1.82, 2.24) is 15.1 Å². The molecular weight excluding hydrogens is 252 g/mol. The van der Waals surface area contributed by atoms with Crippen LogP contribution in [0.4, 0.5) is 5.82 Å². The van der Waals surface area contributed by atoms with Crippen LogP contribution in [0.5, 0.6) is 0 Å². The number of anilines is 1. The van der Waals surface area contributed by atoms with Crippen LogP contribution in [0.15, 0.2) is 42.6 Å². The average molecular weight is 270 g/mol. The molecule has 1 aliphatic rings. The van der Waals surface area contributed by atoms with Crippen LogP contribution >= 0.6 is 0 Å². The molecule has 1 aliphatic carbocycles. The van der Waals surface area contributed by atoms with E-state index in [9.17, 15) is 4.79 Å². The Kier molecular flexibility index (Phi) is 3.52. The van der Waals surface area contributed by atoms with Gasteiger partial charge in [-0.3, -0.25) is 4.79 Å². The quantitative estimate of drug-likeness (QED) is 0.890. The number of hydrogen-bond donors (Lipinski definition) is 2. The number of amides is 1. The minimum Gasteiger partial charge on any atom is -0.317 e. The van der Waals surface area contributed by atoms with Crippen molar-refractivity contribution in [2.24, 2.45) is 5.92 Å². The maximum Gasteiger partial charge on any atom is 0.228 e. The van der Waals surface area contributed by atoms with Crippen molar-refractivity contribution in [3.63, 3.8) is 0 Å². The summed E-state index contributed by atoms with van der Waals surface area (Å²) in [7, 11) is 1.93. The molecule has 2 N–H and O–H groups in total. The summed E-state index contributed by atoms with van der Waals surface area (Å²) in [6.45, 7) is 0. The van der Waals surface area contributed by atoms with E-state index < -0.39 is 0 Å². The molecule has 104 valence electrons. The Morgan fingerprint density at radius 3 is 2.70 bits per heavy atom. The SMILES string of the molecule is CN[C@H]1C[C@H](C(=O)Nc2ccn(-c3ccccc3)n2)C1. The fourth-order valence-electron chi connectivity index (χ4n) is 2.41. The molecular formula is C15H18N4O. The zero-order valence-electron chi connectivity index (χ0n) is 11.4. The summed E-state index contributed by atoms with van der Waals surface area (Å²) < 4.78 is 1.76. The summed E-state index contributed by atoms with van der Waals surface area (Å²) in [5.74, 6) is 0.774. The highest BCUT2D eigenvalue weighted by molar-refractivity contribution is 5.92. The van der Waals surface area contributed by atoms with Gasteiger partial charge in [-0.1, -0.05) is 18.2 Å². The molecule has 20 heavy (non-hydrogen) atoms. The van der Waals surface area contributed by atoms with Gasteiger partial charge in [-0.05, 0) is 32.0 Å². The van der Waals surface area contributed by atoms with Gasteiger partial charge in [-0.2, -0.15) is 5.10 Å². The first-order valence-electron chi connectivity index (χ1n) is 6.85. The predicted molar refractivity (Wildman–Crippen MR) is 77.8 cm³/mol. The molecule has 0 spiro atoms. The predicted octanol–water partition coefficient (Wildman–Crippen LogP) is 1.81. The number of carbonyl (C=O) groups excluding carboxylic acids is 1. The van der Waals surface area contributed by atoms with E-state index in [1.807, 2.05) is 49.6 Å². The molecule has 0 atom stereocenters. The lowest BCUT2D eigenvalue weighted by molar-refractivity contribution is -0.122. The minimum atomic E-state index is 0.0646. The second-order valence-electron chi connectivity index (χ2n) is 5.12. The van der Waals surface area contributed by atoms with Crippen molar-refractivity contribution >= 4 is 11.7 Å². The van der Waals surface area contributed by atoms with Gasteiger partial charge in [0, 0.05) is 24.2 Å². The molecule has 1 aromatic carbocycles. The molecule has 1 aromatic heterocycles. The zero-order chi connectivity index (χ0) is 13.9. The van der Waals surface area contributed by atoms with Crippen molar-refractivity contribution in [1.29, 1.82) is 0 Å². The number of carbonyl (C=O) groups is 1. The third-order valence-electron chi connectivity index (χ3n) is 3.78. The molecule has 1 saturated carbocycles. The minimum absolute atomic E-state index is 0.0646. The molecule has 3 rings (SSSR count). The molecule has 1 heterocycles. The molecule has 1 amide bonds. The molecule has 0 unspecified atom stereocenters. The highest BCUT2D eigenvalue weighted by Gasteiger charge is 2.33. The summed E-state index contributed by atoms with van der Waals surface area (Å²) in [5, 5.41) is 10.4. The molecule has 0 bridgehead atoms. The first kappa shape index (κ1) is 12.9. The number of hydrogen-bond acceptors (Lipinski definition) is 3. The van der Waals surface area contributed by atoms with Crippen LogP contribution in [0.3, 0.4) is 0 Å². The van der Waals surface area contributed by atoms with Gasteiger partial charge < -0.3 is 10.6 Å². The fraction of sp³-hybridized carbons (Fsp3) is 0.333. The Bertz CT molecular complexity index is 587. The third kappa shape index (κ3) is 2.58. The maximum absolute atomic E-state index is 12.0. The van der Waals surface area contributed by atoms with Crippen LogP contribution in [-0.2, 0) is 4.79 Å². The standard InChI is InChI=1S/C15H18N4O/c1-16-12-9-11(10-12)15(20)17-14-7-8-19(18-14)13-5-3-2-4-6-13/h2-8,11-12,16H,9-10H2,1H3,(H,17,18,20)/t11-,12-. The van der Waals surface area contributed by atoms with Gasteiger partial charge >= 0.3 is 0 Å². The number of rotatable bonds is 4. The smallest absolute Gasteiger partial charge is 0.228 e. The fourth-order valence-corrected chi connectivity index (χ4v) is 2.41. The molecule has 5 nitrogen and oxygen atoms in total. The average Bonchev–Trinajstić information content (AvgIpc) is 2.87. The summed E-state index contributed by atoms with van der Waals surface area (Å²) >= 11 is 0. The number of aromatic nitrogens is 2. The highest BCUT2D eigenvalue weighted by atomic mass is 16.2. The Morgan fingerprint density at radius 1 is 1.25 bits per heavy atom. The lowest BCUT2D eigenvalue weighted by atomic mass is 9.80. The van der Waals surface area contributed by atoms with Crippen LogP contribution in [0.25, 0.3) is 5.69 Å². The molecule has 0 radical (unpaired) electrons. The van der Waals surface area contributed by atoms with Gasteiger partial charge in [-0.15, -0.1) is 0 Å². The van der Waals surface area contributed by atoms with Crippen molar-refractivity contribution in [2.45, 2.75) is 18.9 Å². The van der Waals surface area contributed by atoms with E-state index in [2.05, 4.69) is 15.7 Å². The van der Waals surface area contributed by atoms with E-state index >= 15 is 0 Å². The maximum atomic E-state index is 12.0. The zero-order valence-corrected chi connectivity index (χ0v) is 11.4. The first-order chi connectivity index (χ1) is 9.76. The van der Waals surface area contributed by atoms with E-state index in [-0.39, 0.29) is 11.8 Å². The van der Waals surface area contributed by atoms with E-state index in [0.717, 1.165) is 18.5 Å². The van der Waals surface area contributed by atoms with Crippen molar-refractivity contribution in [2.75, 3.05) is 12.4 Å². The first-order valence-corrected chi connectivity index (χ1v) is 6.85. The molecule has 5 heteroatoms. The molecule has 2 aromatic rings. The number of nitrogens with one attached hydrogen (secondary N) is 2. The van der Waals surface area contributed by atoms with Gasteiger partial charge in [0.15, 0.2) is 5.82 Å². The van der Waals surface area contributed by atoms with Crippen LogP contribution in [0.2, 0.25) is 0 Å². The molecule has 0 saturated heterocycles. The van der Waals surface area contributed by atoms with Crippen LogP contribution < -0.4 is 10.6 Å². The topological polar surface area (TPSA) is 59.0 Å². The van der Waals surface area contributed by atoms with Crippen LogP contribution in [0, 0.1) is 5.92 Å². The number of para-hydroxylation sites is 1. The van der Waals surface area contributed by atoms with E-state index in [1.165, 1.54) is 0 Å². The molecule has 0 aliphatic heterocycles. The van der Waals surface area contributed by atoms with Crippen LogP contribution in [0.1, 0.15) is 12.8 Å². The van der Waals surface area contributed by atoms with Gasteiger partial charge in [0.25, 0.3) is 0 Å². The highest BCUT2D eigenvalue weighted by Crippen LogP contribution is 2.28. The van der Waals surface area contributed by atoms with Gasteiger partial charge in [0.05, 0.1) is 5.69 Å². The van der Waals surface area contributed by atoms with Gasteiger partial charge in [0.1, 0.15) is 0 Å². The lowest BCUT2D eigenvalue weighted by Crippen LogP contribution is -2.44. The Balaban J connectivity index is 1.62. The van der Waals surface area contributed by atoms with Gasteiger partial charge in [0.2, 0.25) is 5.91 Å². The van der Waals surface area contributed by atoms with Crippen molar-refractivity contribution < 1.29 is 4.79 Å². The van der Waals surface area contributed by atoms with E-state index in [1.54, 1.807) is 4.68 Å². The largest absolute Gasteiger partial charge is 0.317 e. The van der Waals surface area contributed by atoms with Crippen molar-refractivity contribution in [3.8, 4) is 5.69 Å². The summed E-state index contributed by atoms with van der Waals surface area (Å²) in [6, 6.07) is 12.1. The van der Waals surface area contributed by atoms with E-state index in [4.69, 9.17) is 0 Å². The monoisotopic (exact) mass is 270 g/mol. The second kappa shape index (κ2) is 5.46. The van der Waals surface area contributed by atoms with E-state index in [0.29, 0.717) is 11.9 Å². The Morgan fingerprint density at radius 2 is 2.00 bits per heavy atom. The van der Waals surface area contributed by atoms with Gasteiger partial charge in [-0.25, -0.2) is 4.68 Å². The second-order valence-corrected chi connectivity index (χ2v) is 5.12. The Hall–Kier alpha value is -2.14.